The predicted molar refractivity (Wildman–Crippen MR) is 87.5 cm³/mol. The van der Waals surface area contributed by atoms with Gasteiger partial charge >= 0.3 is 11.8 Å². The van der Waals surface area contributed by atoms with Crippen molar-refractivity contribution < 1.29 is 19.1 Å². The maximum absolute atomic E-state index is 13.6. The van der Waals surface area contributed by atoms with E-state index in [2.05, 4.69) is 10.6 Å². The van der Waals surface area contributed by atoms with E-state index in [9.17, 15) is 19.1 Å². The van der Waals surface area contributed by atoms with E-state index in [0.717, 1.165) is 18.4 Å². The highest BCUT2D eigenvalue weighted by Crippen LogP contribution is 2.18. The molecule has 0 saturated carbocycles. The van der Waals surface area contributed by atoms with Gasteiger partial charge < -0.3 is 15.7 Å². The molecule has 0 spiro atoms. The van der Waals surface area contributed by atoms with Crippen molar-refractivity contribution in [1.29, 1.82) is 0 Å². The summed E-state index contributed by atoms with van der Waals surface area (Å²) < 4.78 is 13.6. The molecule has 1 rings (SSSR count). The third-order valence-electron chi connectivity index (χ3n) is 3.59. The Morgan fingerprint density at radius 2 is 1.78 bits per heavy atom. The first kappa shape index (κ1) is 19.1. The third-order valence-corrected chi connectivity index (χ3v) is 3.59. The Kier molecular flexibility index (Phi) is 7.16. The van der Waals surface area contributed by atoms with Crippen molar-refractivity contribution in [2.45, 2.75) is 52.1 Å². The van der Waals surface area contributed by atoms with E-state index >= 15 is 0 Å². The highest BCUT2D eigenvalue weighted by atomic mass is 19.1. The van der Waals surface area contributed by atoms with Crippen LogP contribution in [-0.4, -0.2) is 29.1 Å². The van der Waals surface area contributed by atoms with Crippen LogP contribution in [0.1, 0.15) is 45.1 Å². The molecule has 0 heterocycles. The third kappa shape index (κ3) is 5.98. The van der Waals surface area contributed by atoms with Crippen LogP contribution < -0.4 is 10.6 Å². The monoisotopic (exact) mass is 324 g/mol. The Morgan fingerprint density at radius 1 is 1.17 bits per heavy atom. The summed E-state index contributed by atoms with van der Waals surface area (Å²) in [7, 11) is 0. The van der Waals surface area contributed by atoms with Crippen LogP contribution in [0.5, 0.6) is 0 Å². The number of aliphatic hydroxyl groups is 1. The normalized spacial score (nSPS) is 11.2. The molecule has 3 N–H and O–H groups in total. The maximum atomic E-state index is 13.6. The Hall–Kier alpha value is -1.95. The van der Waals surface area contributed by atoms with E-state index in [0.29, 0.717) is 12.8 Å². The lowest BCUT2D eigenvalue weighted by Crippen LogP contribution is -2.46. The summed E-state index contributed by atoms with van der Waals surface area (Å²) in [6.07, 6.45) is 2.62. The number of amides is 2. The molecule has 5 nitrogen and oxygen atoms in total. The van der Waals surface area contributed by atoms with Crippen LogP contribution in [0.3, 0.4) is 0 Å². The first-order valence-corrected chi connectivity index (χ1v) is 7.89. The Labute approximate surface area is 136 Å². The van der Waals surface area contributed by atoms with Crippen LogP contribution >= 0.6 is 0 Å². The second-order valence-electron chi connectivity index (χ2n) is 5.84. The molecule has 1 aromatic carbocycles. The Balaban J connectivity index is 2.63. The van der Waals surface area contributed by atoms with Crippen LogP contribution in [0.2, 0.25) is 0 Å². The minimum Gasteiger partial charge on any atom is -0.388 e. The van der Waals surface area contributed by atoms with Gasteiger partial charge in [0.15, 0.2) is 0 Å². The van der Waals surface area contributed by atoms with Gasteiger partial charge in [0, 0.05) is 6.54 Å². The first-order valence-electron chi connectivity index (χ1n) is 7.89. The summed E-state index contributed by atoms with van der Waals surface area (Å²) >= 11 is 0. The number of benzene rings is 1. The van der Waals surface area contributed by atoms with Crippen LogP contribution in [-0.2, 0) is 9.59 Å². The molecule has 0 aromatic heterocycles. The van der Waals surface area contributed by atoms with Gasteiger partial charge in [0.2, 0.25) is 0 Å². The van der Waals surface area contributed by atoms with Gasteiger partial charge in [0.25, 0.3) is 0 Å². The highest BCUT2D eigenvalue weighted by Gasteiger charge is 2.27. The van der Waals surface area contributed by atoms with Gasteiger partial charge in [-0.05, 0) is 37.5 Å². The van der Waals surface area contributed by atoms with E-state index in [-0.39, 0.29) is 12.2 Å². The van der Waals surface area contributed by atoms with Crippen molar-refractivity contribution in [2.75, 3.05) is 11.9 Å². The molecule has 0 unspecified atom stereocenters. The molecule has 128 valence electrons. The molecule has 6 heteroatoms. The maximum Gasteiger partial charge on any atom is 0.313 e. The summed E-state index contributed by atoms with van der Waals surface area (Å²) in [4.78, 5) is 23.7. The quantitative estimate of drug-likeness (QED) is 0.674. The van der Waals surface area contributed by atoms with Crippen LogP contribution in [0, 0.1) is 12.7 Å². The smallest absolute Gasteiger partial charge is 0.313 e. The van der Waals surface area contributed by atoms with Crippen molar-refractivity contribution in [1.82, 2.24) is 5.32 Å². The number of carbonyl (C=O) groups is 2. The van der Waals surface area contributed by atoms with Crippen LogP contribution in [0.15, 0.2) is 18.2 Å². The van der Waals surface area contributed by atoms with Gasteiger partial charge in [0.1, 0.15) is 5.82 Å². The minimum absolute atomic E-state index is 0.00275. The molecule has 0 radical (unpaired) electrons. The summed E-state index contributed by atoms with van der Waals surface area (Å²) in [5.41, 5.74) is -0.293. The minimum atomic E-state index is -1.02. The zero-order valence-electron chi connectivity index (χ0n) is 13.9. The van der Waals surface area contributed by atoms with Gasteiger partial charge in [-0.3, -0.25) is 9.59 Å². The van der Waals surface area contributed by atoms with Gasteiger partial charge in [-0.1, -0.05) is 32.8 Å². The molecule has 0 bridgehead atoms. The van der Waals surface area contributed by atoms with Crippen molar-refractivity contribution in [3.05, 3.63) is 29.6 Å². The molecule has 2 amide bonds. The highest BCUT2D eigenvalue weighted by molar-refractivity contribution is 6.39. The molecule has 23 heavy (non-hydrogen) atoms. The second kappa shape index (κ2) is 8.62. The fourth-order valence-corrected chi connectivity index (χ4v) is 2.47. The summed E-state index contributed by atoms with van der Waals surface area (Å²) in [5.74, 6) is -2.45. The van der Waals surface area contributed by atoms with Crippen LogP contribution in [0.4, 0.5) is 10.1 Å². The van der Waals surface area contributed by atoms with E-state index in [4.69, 9.17) is 0 Å². The predicted octanol–water partition coefficient (Wildman–Crippen LogP) is 2.52. The molecule has 0 atom stereocenters. The number of hydrogen-bond acceptors (Lipinski definition) is 3. The van der Waals surface area contributed by atoms with Crippen molar-refractivity contribution >= 4 is 17.5 Å². The Bertz CT molecular complexity index is 555. The van der Waals surface area contributed by atoms with E-state index in [1.54, 1.807) is 13.0 Å². The van der Waals surface area contributed by atoms with Gasteiger partial charge in [-0.15, -0.1) is 0 Å². The number of aryl methyl sites for hydroxylation is 1. The van der Waals surface area contributed by atoms with Crippen molar-refractivity contribution in [3.8, 4) is 0 Å². The topological polar surface area (TPSA) is 78.4 Å². The fraction of sp³-hybridized carbons (Fsp3) is 0.529. The Morgan fingerprint density at radius 3 is 2.35 bits per heavy atom. The molecule has 0 saturated heterocycles. The molecular formula is C17H25FN2O3. The summed E-state index contributed by atoms with van der Waals surface area (Å²) in [5, 5.41) is 15.1. The number of anilines is 1. The number of carbonyl (C=O) groups excluding carboxylic acids is 2. The number of rotatable bonds is 7. The number of halogens is 1. The molecule has 1 aromatic rings. The summed E-state index contributed by atoms with van der Waals surface area (Å²) in [6, 6.07) is 4.25. The lowest BCUT2D eigenvalue weighted by atomic mass is 9.92. The lowest BCUT2D eigenvalue weighted by Gasteiger charge is -2.27. The SMILES string of the molecule is CCCC(O)(CCC)CNC(=O)C(=O)Nc1cc(C)ccc1F. The number of hydrogen-bond donors (Lipinski definition) is 3. The molecule has 0 aliphatic rings. The fourth-order valence-electron chi connectivity index (χ4n) is 2.47. The standard InChI is InChI=1S/C17H25FN2O3/c1-4-8-17(23,9-5-2)11-19-15(21)16(22)20-14-10-12(3)6-7-13(14)18/h6-7,10,23H,4-5,8-9,11H2,1-3H3,(H,19,21)(H,20,22). The zero-order valence-corrected chi connectivity index (χ0v) is 13.9. The van der Waals surface area contributed by atoms with E-state index in [1.807, 2.05) is 13.8 Å². The van der Waals surface area contributed by atoms with E-state index < -0.39 is 23.2 Å². The molecular weight excluding hydrogens is 299 g/mol. The van der Waals surface area contributed by atoms with Crippen molar-refractivity contribution in [2.24, 2.45) is 0 Å². The van der Waals surface area contributed by atoms with Crippen molar-refractivity contribution in [3.63, 3.8) is 0 Å². The lowest BCUT2D eigenvalue weighted by molar-refractivity contribution is -0.137. The second-order valence-corrected chi connectivity index (χ2v) is 5.84. The first-order chi connectivity index (χ1) is 10.8. The van der Waals surface area contributed by atoms with E-state index in [1.165, 1.54) is 12.1 Å². The number of nitrogens with one attached hydrogen (secondary N) is 2. The van der Waals surface area contributed by atoms with Gasteiger partial charge in [0.05, 0.1) is 11.3 Å². The van der Waals surface area contributed by atoms with Gasteiger partial charge in [-0.2, -0.15) is 0 Å². The van der Waals surface area contributed by atoms with Gasteiger partial charge in [-0.25, -0.2) is 4.39 Å². The average Bonchev–Trinajstić information content (AvgIpc) is 2.49. The summed E-state index contributed by atoms with van der Waals surface area (Å²) in [6.45, 7) is 5.63. The molecule has 0 fully saturated rings. The largest absolute Gasteiger partial charge is 0.388 e. The average molecular weight is 324 g/mol. The molecule has 0 aliphatic carbocycles. The zero-order chi connectivity index (χ0) is 17.5. The van der Waals surface area contributed by atoms with Crippen LogP contribution in [0.25, 0.3) is 0 Å². The molecule has 0 aliphatic heterocycles.